The second-order valence-electron chi connectivity index (χ2n) is 7.42. The number of rotatable bonds is 5. The molecule has 0 saturated carbocycles. The van der Waals surface area contributed by atoms with E-state index in [-0.39, 0.29) is 11.3 Å². The van der Waals surface area contributed by atoms with Crippen LogP contribution < -0.4 is 5.32 Å². The van der Waals surface area contributed by atoms with Gasteiger partial charge in [0.1, 0.15) is 11.6 Å². The van der Waals surface area contributed by atoms with Gasteiger partial charge in [-0.1, -0.05) is 48.0 Å². The lowest BCUT2D eigenvalue weighted by Crippen LogP contribution is -2.14. The van der Waals surface area contributed by atoms with Gasteiger partial charge in [0, 0.05) is 28.0 Å². The molecule has 4 rings (SSSR count). The number of nitrogens with zero attached hydrogens (tertiary/aromatic N) is 3. The van der Waals surface area contributed by atoms with E-state index in [2.05, 4.69) is 10.4 Å². The lowest BCUT2D eigenvalue weighted by atomic mass is 10.1. The maximum absolute atomic E-state index is 13.0. The SMILES string of the molecule is N#CC(=Cc1cn(-c2ccccc2)nc1-c1ccc(Cl)cc1)C(=O)Nc1cccc(C(F)(F)F)c1. The monoisotopic (exact) mass is 492 g/mol. The van der Waals surface area contributed by atoms with E-state index in [1.165, 1.54) is 18.2 Å². The van der Waals surface area contributed by atoms with Gasteiger partial charge < -0.3 is 5.32 Å². The molecule has 0 spiro atoms. The van der Waals surface area contributed by atoms with Crippen LogP contribution in [0.3, 0.4) is 0 Å². The molecule has 9 heteroatoms. The largest absolute Gasteiger partial charge is 0.416 e. The van der Waals surface area contributed by atoms with Crippen molar-refractivity contribution in [2.75, 3.05) is 5.32 Å². The topological polar surface area (TPSA) is 70.7 Å². The second kappa shape index (κ2) is 9.87. The highest BCUT2D eigenvalue weighted by Gasteiger charge is 2.30. The first kappa shape index (κ1) is 23.8. The van der Waals surface area contributed by atoms with Gasteiger partial charge in [-0.3, -0.25) is 4.79 Å². The number of amides is 1. The molecule has 0 aliphatic carbocycles. The summed E-state index contributed by atoms with van der Waals surface area (Å²) in [6.07, 6.45) is -1.55. The lowest BCUT2D eigenvalue weighted by molar-refractivity contribution is -0.137. The van der Waals surface area contributed by atoms with Gasteiger partial charge in [0.05, 0.1) is 16.9 Å². The van der Waals surface area contributed by atoms with Crippen molar-refractivity contribution in [3.63, 3.8) is 0 Å². The summed E-state index contributed by atoms with van der Waals surface area (Å²) >= 11 is 6.00. The van der Waals surface area contributed by atoms with Gasteiger partial charge in [0.15, 0.2) is 0 Å². The summed E-state index contributed by atoms with van der Waals surface area (Å²) < 4.78 is 40.6. The first-order valence-corrected chi connectivity index (χ1v) is 10.6. The summed E-state index contributed by atoms with van der Waals surface area (Å²) in [7, 11) is 0. The summed E-state index contributed by atoms with van der Waals surface area (Å²) in [5.41, 5.74) is 1.12. The Morgan fingerprint density at radius 2 is 1.74 bits per heavy atom. The molecule has 0 bridgehead atoms. The van der Waals surface area contributed by atoms with E-state index < -0.39 is 17.6 Å². The Balaban J connectivity index is 1.72. The zero-order valence-corrected chi connectivity index (χ0v) is 18.7. The van der Waals surface area contributed by atoms with E-state index >= 15 is 0 Å². The fourth-order valence-corrected chi connectivity index (χ4v) is 3.44. The standard InChI is InChI=1S/C26H16ClF3N4O/c27-21-11-9-17(10-12-21)24-19(16-34(33-24)23-7-2-1-3-8-23)13-18(15-31)25(35)32-22-6-4-5-20(14-22)26(28,29)30/h1-14,16H,(H,32,35). The van der Waals surface area contributed by atoms with Crippen molar-refractivity contribution in [3.8, 4) is 23.0 Å². The number of hydrogen-bond donors (Lipinski definition) is 1. The quantitative estimate of drug-likeness (QED) is 0.247. The number of nitriles is 1. The van der Waals surface area contributed by atoms with Crippen LogP contribution in [0.25, 0.3) is 23.0 Å². The van der Waals surface area contributed by atoms with Crippen LogP contribution in [0.15, 0.2) is 90.6 Å². The summed E-state index contributed by atoms with van der Waals surface area (Å²) in [6, 6.07) is 22.2. The highest BCUT2D eigenvalue weighted by atomic mass is 35.5. The number of anilines is 1. The van der Waals surface area contributed by atoms with E-state index in [9.17, 15) is 23.2 Å². The van der Waals surface area contributed by atoms with Gasteiger partial charge in [0.2, 0.25) is 0 Å². The molecule has 1 amide bonds. The van der Waals surface area contributed by atoms with E-state index in [0.29, 0.717) is 21.8 Å². The number of para-hydroxylation sites is 1. The predicted octanol–water partition coefficient (Wildman–Crippen LogP) is 6.76. The average molecular weight is 493 g/mol. The van der Waals surface area contributed by atoms with E-state index in [0.717, 1.165) is 17.8 Å². The second-order valence-corrected chi connectivity index (χ2v) is 7.86. The van der Waals surface area contributed by atoms with Gasteiger partial charge in [-0.15, -0.1) is 0 Å². The molecule has 0 aliphatic heterocycles. The molecule has 0 aliphatic rings. The minimum Gasteiger partial charge on any atom is -0.321 e. The zero-order chi connectivity index (χ0) is 25.0. The molecule has 1 N–H and O–H groups in total. The highest BCUT2D eigenvalue weighted by Crippen LogP contribution is 2.31. The predicted molar refractivity (Wildman–Crippen MR) is 128 cm³/mol. The van der Waals surface area contributed by atoms with E-state index in [4.69, 9.17) is 11.6 Å². The Kier molecular flexibility index (Phi) is 6.71. The Morgan fingerprint density at radius 1 is 1.03 bits per heavy atom. The Hall–Kier alpha value is -4.35. The van der Waals surface area contributed by atoms with Crippen LogP contribution in [0.4, 0.5) is 18.9 Å². The molecule has 0 saturated heterocycles. The summed E-state index contributed by atoms with van der Waals surface area (Å²) in [6.45, 7) is 0. The minimum atomic E-state index is -4.56. The number of alkyl halides is 3. The van der Waals surface area contributed by atoms with Crippen molar-refractivity contribution in [2.24, 2.45) is 0 Å². The van der Waals surface area contributed by atoms with Crippen LogP contribution in [-0.2, 0) is 11.0 Å². The van der Waals surface area contributed by atoms with Gasteiger partial charge in [-0.2, -0.15) is 23.5 Å². The minimum absolute atomic E-state index is 0.0797. The fourth-order valence-electron chi connectivity index (χ4n) is 3.31. The van der Waals surface area contributed by atoms with E-state index in [1.54, 1.807) is 35.1 Å². The molecule has 1 heterocycles. The average Bonchev–Trinajstić information content (AvgIpc) is 3.27. The van der Waals surface area contributed by atoms with Gasteiger partial charge in [0.25, 0.3) is 5.91 Å². The number of carbonyl (C=O) groups excluding carboxylic acids is 1. The Bertz CT molecular complexity index is 1440. The Labute approximate surface area is 203 Å². The third-order valence-electron chi connectivity index (χ3n) is 4.99. The molecule has 174 valence electrons. The first-order chi connectivity index (χ1) is 16.7. The maximum Gasteiger partial charge on any atom is 0.416 e. The summed E-state index contributed by atoms with van der Waals surface area (Å²) in [5.74, 6) is -0.846. The van der Waals surface area contributed by atoms with Crippen LogP contribution in [0.2, 0.25) is 5.02 Å². The lowest BCUT2D eigenvalue weighted by Gasteiger charge is -2.09. The van der Waals surface area contributed by atoms with Crippen LogP contribution in [-0.4, -0.2) is 15.7 Å². The van der Waals surface area contributed by atoms with Crippen LogP contribution in [0.5, 0.6) is 0 Å². The van der Waals surface area contributed by atoms with Crippen molar-refractivity contribution < 1.29 is 18.0 Å². The fraction of sp³-hybridized carbons (Fsp3) is 0.0385. The third-order valence-corrected chi connectivity index (χ3v) is 5.25. The van der Waals surface area contributed by atoms with Gasteiger partial charge in [-0.25, -0.2) is 4.68 Å². The summed E-state index contributed by atoms with van der Waals surface area (Å²) in [5, 5.41) is 17.1. The number of hydrogen-bond acceptors (Lipinski definition) is 3. The molecule has 3 aromatic carbocycles. The molecule has 0 fully saturated rings. The number of halogens is 4. The number of aromatic nitrogens is 2. The summed E-state index contributed by atoms with van der Waals surface area (Å²) in [4.78, 5) is 12.8. The first-order valence-electron chi connectivity index (χ1n) is 10.3. The number of nitrogens with one attached hydrogen (secondary N) is 1. The molecule has 4 aromatic rings. The zero-order valence-electron chi connectivity index (χ0n) is 17.9. The normalized spacial score (nSPS) is 11.7. The van der Waals surface area contributed by atoms with Crippen molar-refractivity contribution >= 4 is 29.3 Å². The Morgan fingerprint density at radius 3 is 2.40 bits per heavy atom. The smallest absolute Gasteiger partial charge is 0.321 e. The molecule has 0 atom stereocenters. The van der Waals surface area contributed by atoms with Crippen LogP contribution in [0, 0.1) is 11.3 Å². The molecule has 5 nitrogen and oxygen atoms in total. The number of carbonyl (C=O) groups is 1. The van der Waals surface area contributed by atoms with Crippen molar-refractivity contribution in [1.29, 1.82) is 5.26 Å². The highest BCUT2D eigenvalue weighted by molar-refractivity contribution is 6.30. The maximum atomic E-state index is 13.0. The third kappa shape index (κ3) is 5.60. The van der Waals surface area contributed by atoms with Crippen molar-refractivity contribution in [1.82, 2.24) is 9.78 Å². The molecule has 0 radical (unpaired) electrons. The van der Waals surface area contributed by atoms with Crippen molar-refractivity contribution in [3.05, 3.63) is 107 Å². The van der Waals surface area contributed by atoms with Gasteiger partial charge in [-0.05, 0) is 48.5 Å². The molecule has 35 heavy (non-hydrogen) atoms. The molecule has 1 aromatic heterocycles. The van der Waals surface area contributed by atoms with Crippen molar-refractivity contribution in [2.45, 2.75) is 6.18 Å². The van der Waals surface area contributed by atoms with Crippen LogP contribution in [0.1, 0.15) is 11.1 Å². The van der Waals surface area contributed by atoms with Crippen LogP contribution >= 0.6 is 11.6 Å². The van der Waals surface area contributed by atoms with Gasteiger partial charge >= 0.3 is 6.18 Å². The van der Waals surface area contributed by atoms with E-state index in [1.807, 2.05) is 36.4 Å². The molecule has 0 unspecified atom stereocenters. The molecular formula is C26H16ClF3N4O. The number of benzene rings is 3. The molecular weight excluding hydrogens is 477 g/mol.